The minimum Gasteiger partial charge on any atom is -0.423 e. The molecule has 4 aromatic rings. The van der Waals surface area contributed by atoms with Gasteiger partial charge < -0.3 is 25.1 Å². The highest BCUT2D eigenvalue weighted by Gasteiger charge is 2.46. The fraction of sp³-hybridized carbons (Fsp3) is 0.222. The first-order valence-electron chi connectivity index (χ1n) is 12.0. The lowest BCUT2D eigenvalue weighted by Crippen LogP contribution is -2.43. The number of fused-ring (bicyclic) bond motifs is 3. The summed E-state index contributed by atoms with van der Waals surface area (Å²) in [5.41, 5.74) is 3.50. The molecule has 2 aromatic carbocycles. The number of hydrogen-bond acceptors (Lipinski definition) is 9. The van der Waals surface area contributed by atoms with Gasteiger partial charge in [-0.15, -0.1) is 10.2 Å². The Morgan fingerprint density at radius 3 is 2.81 bits per heavy atom. The van der Waals surface area contributed by atoms with Crippen LogP contribution in [0.1, 0.15) is 40.9 Å². The van der Waals surface area contributed by atoms with Gasteiger partial charge in [-0.2, -0.15) is 4.98 Å². The van der Waals surface area contributed by atoms with E-state index in [1.54, 1.807) is 6.20 Å². The second-order valence-corrected chi connectivity index (χ2v) is 9.24. The quantitative estimate of drug-likeness (QED) is 0.325. The van der Waals surface area contributed by atoms with Crippen molar-refractivity contribution in [3.63, 3.8) is 0 Å². The van der Waals surface area contributed by atoms with E-state index < -0.39 is 6.04 Å². The summed E-state index contributed by atoms with van der Waals surface area (Å²) >= 11 is 0. The van der Waals surface area contributed by atoms with Crippen LogP contribution in [0.15, 0.2) is 77.7 Å². The van der Waals surface area contributed by atoms with Crippen molar-refractivity contribution < 1.29 is 14.3 Å². The zero-order chi connectivity index (χ0) is 25.4. The van der Waals surface area contributed by atoms with Crippen LogP contribution in [0.25, 0.3) is 11.5 Å². The van der Waals surface area contributed by atoms with Gasteiger partial charge in [0.1, 0.15) is 5.82 Å². The van der Waals surface area contributed by atoms with E-state index in [0.29, 0.717) is 23.9 Å². The SMILES string of the molecule is CC12CC=CCN1C(=O)c1ccc(Nc3ncc(-c4nnco4)c(N[C@H](CO)c4ccccc4)n3)cc12. The van der Waals surface area contributed by atoms with E-state index in [9.17, 15) is 9.90 Å². The molecule has 0 saturated carbocycles. The molecule has 37 heavy (non-hydrogen) atoms. The van der Waals surface area contributed by atoms with Crippen molar-refractivity contribution in [1.82, 2.24) is 25.1 Å². The number of hydrogen-bond donors (Lipinski definition) is 3. The van der Waals surface area contributed by atoms with Gasteiger partial charge in [0, 0.05) is 24.0 Å². The number of benzene rings is 2. The Morgan fingerprint density at radius 2 is 2.03 bits per heavy atom. The Kier molecular flexibility index (Phi) is 5.65. The first-order valence-corrected chi connectivity index (χ1v) is 12.0. The number of carbonyl (C=O) groups is 1. The molecule has 2 aliphatic heterocycles. The predicted molar refractivity (Wildman–Crippen MR) is 137 cm³/mol. The monoisotopic (exact) mass is 495 g/mol. The molecule has 0 saturated heterocycles. The molecule has 2 atom stereocenters. The molecule has 186 valence electrons. The fourth-order valence-corrected chi connectivity index (χ4v) is 4.98. The number of aliphatic hydroxyl groups excluding tert-OH is 1. The average molecular weight is 496 g/mol. The first-order chi connectivity index (χ1) is 18.1. The molecule has 0 fully saturated rings. The van der Waals surface area contributed by atoms with E-state index >= 15 is 0 Å². The summed E-state index contributed by atoms with van der Waals surface area (Å²) in [6.45, 7) is 2.55. The van der Waals surface area contributed by atoms with Gasteiger partial charge in [-0.1, -0.05) is 42.5 Å². The third-order valence-electron chi connectivity index (χ3n) is 6.97. The van der Waals surface area contributed by atoms with Crippen LogP contribution in [-0.4, -0.2) is 49.2 Å². The van der Waals surface area contributed by atoms with Crippen molar-refractivity contribution >= 4 is 23.4 Å². The second kappa shape index (κ2) is 9.14. The van der Waals surface area contributed by atoms with Crippen LogP contribution < -0.4 is 10.6 Å². The molecule has 6 rings (SSSR count). The van der Waals surface area contributed by atoms with Crippen LogP contribution in [-0.2, 0) is 5.54 Å². The number of aliphatic hydroxyl groups is 1. The third-order valence-corrected chi connectivity index (χ3v) is 6.97. The number of nitrogens with one attached hydrogen (secondary N) is 2. The predicted octanol–water partition coefficient (Wildman–Crippen LogP) is 4.05. The van der Waals surface area contributed by atoms with E-state index in [1.165, 1.54) is 6.39 Å². The second-order valence-electron chi connectivity index (χ2n) is 9.24. The van der Waals surface area contributed by atoms with Crippen LogP contribution in [0.5, 0.6) is 0 Å². The molecule has 2 aromatic heterocycles. The van der Waals surface area contributed by atoms with E-state index in [0.717, 1.165) is 28.8 Å². The molecule has 0 spiro atoms. The topological polar surface area (TPSA) is 129 Å². The van der Waals surface area contributed by atoms with Crippen molar-refractivity contribution in [1.29, 1.82) is 0 Å². The van der Waals surface area contributed by atoms with Crippen LogP contribution in [0.4, 0.5) is 17.5 Å². The average Bonchev–Trinajstić information content (AvgIpc) is 3.54. The lowest BCUT2D eigenvalue weighted by Gasteiger charge is -2.37. The number of aromatic nitrogens is 4. The van der Waals surface area contributed by atoms with Crippen molar-refractivity contribution in [2.45, 2.75) is 24.9 Å². The van der Waals surface area contributed by atoms with Gasteiger partial charge >= 0.3 is 0 Å². The Morgan fingerprint density at radius 1 is 1.16 bits per heavy atom. The number of nitrogens with zero attached hydrogens (tertiary/aromatic N) is 5. The summed E-state index contributed by atoms with van der Waals surface area (Å²) in [5.74, 6) is 1.08. The molecule has 1 unspecified atom stereocenters. The lowest BCUT2D eigenvalue weighted by atomic mass is 9.86. The van der Waals surface area contributed by atoms with Gasteiger partial charge in [0.15, 0.2) is 0 Å². The highest BCUT2D eigenvalue weighted by molar-refractivity contribution is 6.00. The molecule has 0 bridgehead atoms. The fourth-order valence-electron chi connectivity index (χ4n) is 4.98. The molecule has 2 aliphatic rings. The molecule has 1 amide bonds. The maximum Gasteiger partial charge on any atom is 0.255 e. The number of amides is 1. The number of carbonyl (C=O) groups excluding carboxylic acids is 1. The van der Waals surface area contributed by atoms with Crippen LogP contribution in [0.2, 0.25) is 0 Å². The molecule has 3 N–H and O–H groups in total. The van der Waals surface area contributed by atoms with Gasteiger partial charge in [0.25, 0.3) is 11.8 Å². The van der Waals surface area contributed by atoms with Gasteiger partial charge in [0.2, 0.25) is 12.3 Å². The van der Waals surface area contributed by atoms with Crippen molar-refractivity contribution in [2.75, 3.05) is 23.8 Å². The maximum atomic E-state index is 12.9. The molecule has 0 aliphatic carbocycles. The van der Waals surface area contributed by atoms with Gasteiger partial charge in [-0.25, -0.2) is 4.98 Å². The normalized spacial score (nSPS) is 18.9. The highest BCUT2D eigenvalue weighted by Crippen LogP contribution is 2.44. The van der Waals surface area contributed by atoms with Gasteiger partial charge in [0.05, 0.1) is 23.8 Å². The minimum absolute atomic E-state index is 0.0519. The molecular weight excluding hydrogens is 470 g/mol. The highest BCUT2D eigenvalue weighted by atomic mass is 16.4. The molecular formula is C27H25N7O3. The van der Waals surface area contributed by atoms with Gasteiger partial charge in [-0.3, -0.25) is 4.79 Å². The smallest absolute Gasteiger partial charge is 0.255 e. The molecule has 10 nitrogen and oxygen atoms in total. The Labute approximate surface area is 213 Å². The number of rotatable bonds is 7. The summed E-state index contributed by atoms with van der Waals surface area (Å²) in [4.78, 5) is 24.0. The Bertz CT molecular complexity index is 1470. The summed E-state index contributed by atoms with van der Waals surface area (Å²) in [7, 11) is 0. The first kappa shape index (κ1) is 22.9. The largest absolute Gasteiger partial charge is 0.423 e. The van der Waals surface area contributed by atoms with E-state index in [1.807, 2.05) is 59.5 Å². The molecule has 10 heteroatoms. The summed E-state index contributed by atoms with van der Waals surface area (Å²) in [5, 5.41) is 24.4. The molecule has 4 heterocycles. The zero-order valence-electron chi connectivity index (χ0n) is 20.1. The van der Waals surface area contributed by atoms with E-state index in [2.05, 4.69) is 43.8 Å². The summed E-state index contributed by atoms with van der Waals surface area (Å²) < 4.78 is 5.39. The number of anilines is 3. The maximum absolute atomic E-state index is 12.9. The zero-order valence-corrected chi connectivity index (χ0v) is 20.1. The summed E-state index contributed by atoms with van der Waals surface area (Å²) in [6.07, 6.45) is 7.76. The summed E-state index contributed by atoms with van der Waals surface area (Å²) in [6, 6.07) is 14.9. The minimum atomic E-state index is -0.415. The van der Waals surface area contributed by atoms with Crippen LogP contribution >= 0.6 is 0 Å². The van der Waals surface area contributed by atoms with Crippen molar-refractivity contribution in [3.8, 4) is 11.5 Å². The Hall–Kier alpha value is -4.57. The van der Waals surface area contributed by atoms with E-state index in [-0.39, 0.29) is 23.9 Å². The van der Waals surface area contributed by atoms with Crippen molar-refractivity contribution in [2.24, 2.45) is 0 Å². The standard InChI is InChI=1S/C27H25N7O3/c1-27-11-5-6-12-34(27)25(36)19-10-9-18(13-21(19)27)30-26-28-14-20(24-33-29-16-37-24)23(32-26)31-22(15-35)17-7-3-2-4-8-17/h2-10,13-14,16,22,35H,11-12,15H2,1H3,(H2,28,30,31,32)/t22-,27?/m1/s1. The van der Waals surface area contributed by atoms with Gasteiger partial charge in [-0.05, 0) is 42.7 Å². The third kappa shape index (κ3) is 4.01. The Balaban J connectivity index is 1.33. The van der Waals surface area contributed by atoms with Crippen LogP contribution in [0.3, 0.4) is 0 Å². The van der Waals surface area contributed by atoms with Crippen molar-refractivity contribution in [3.05, 3.63) is 90.0 Å². The molecule has 0 radical (unpaired) electrons. The van der Waals surface area contributed by atoms with Crippen LogP contribution in [0, 0.1) is 0 Å². The lowest BCUT2D eigenvalue weighted by molar-refractivity contribution is 0.0608. The van der Waals surface area contributed by atoms with E-state index in [4.69, 9.17) is 4.42 Å².